The number of benzene rings is 2. The van der Waals surface area contributed by atoms with Gasteiger partial charge in [0.1, 0.15) is 11.6 Å². The lowest BCUT2D eigenvalue weighted by atomic mass is 10.1. The van der Waals surface area contributed by atoms with Crippen LogP contribution in [0.2, 0.25) is 5.02 Å². The summed E-state index contributed by atoms with van der Waals surface area (Å²) in [6.45, 7) is 1.07. The minimum absolute atomic E-state index is 0.121. The third-order valence-electron chi connectivity index (χ3n) is 3.54. The van der Waals surface area contributed by atoms with E-state index in [-0.39, 0.29) is 30.8 Å². The maximum Gasteiger partial charge on any atom is 0.300 e. The standard InChI is InChI=1S/C18H19ClN4O3.C2H4O2/c1-22-16(24)10-26-15-8-11(17(20)21)5-6-13(15)9-23-18(25)12-3-2-4-14(19)7-12;1-2(3)4/h2-8H,9-10H2,1H3,(H3,20,21)(H,22,24)(H,23,25);1H3,(H,3,4). The molecule has 0 aliphatic carbocycles. The number of carbonyl (C=O) groups is 3. The summed E-state index contributed by atoms with van der Waals surface area (Å²) in [6.07, 6.45) is 0. The van der Waals surface area contributed by atoms with E-state index in [1.165, 1.54) is 7.05 Å². The van der Waals surface area contributed by atoms with Crippen molar-refractivity contribution in [2.45, 2.75) is 13.5 Å². The number of amides is 2. The maximum atomic E-state index is 12.2. The van der Waals surface area contributed by atoms with Gasteiger partial charge in [-0.15, -0.1) is 0 Å². The van der Waals surface area contributed by atoms with Crippen LogP contribution in [0.4, 0.5) is 0 Å². The maximum absolute atomic E-state index is 12.2. The fourth-order valence-electron chi connectivity index (χ4n) is 2.13. The summed E-state index contributed by atoms with van der Waals surface area (Å²) in [6, 6.07) is 11.5. The molecule has 2 amide bonds. The van der Waals surface area contributed by atoms with Crippen LogP contribution in [0, 0.1) is 5.41 Å². The first-order valence-corrected chi connectivity index (χ1v) is 9.05. The van der Waals surface area contributed by atoms with Crippen molar-refractivity contribution in [3.05, 3.63) is 64.2 Å². The number of amidine groups is 1. The molecule has 160 valence electrons. The van der Waals surface area contributed by atoms with Gasteiger partial charge < -0.3 is 26.2 Å². The van der Waals surface area contributed by atoms with E-state index >= 15 is 0 Å². The van der Waals surface area contributed by atoms with Gasteiger partial charge in [0.15, 0.2) is 6.61 Å². The largest absolute Gasteiger partial charge is 0.483 e. The van der Waals surface area contributed by atoms with Gasteiger partial charge >= 0.3 is 0 Å². The molecule has 0 fully saturated rings. The number of carboxylic acid groups (broad SMARTS) is 1. The molecule has 30 heavy (non-hydrogen) atoms. The summed E-state index contributed by atoms with van der Waals surface area (Å²) in [5, 5.41) is 20.6. The average molecular weight is 435 g/mol. The topological polar surface area (TPSA) is 155 Å². The number of halogens is 1. The molecule has 10 heteroatoms. The monoisotopic (exact) mass is 434 g/mol. The smallest absolute Gasteiger partial charge is 0.300 e. The molecule has 0 saturated carbocycles. The molecule has 2 aromatic rings. The normalized spacial score (nSPS) is 9.57. The van der Waals surface area contributed by atoms with Crippen LogP contribution in [0.5, 0.6) is 5.75 Å². The number of ether oxygens (including phenoxy) is 1. The Kier molecular flexibility index (Phi) is 9.84. The Bertz CT molecular complexity index is 929. The highest BCUT2D eigenvalue weighted by Gasteiger charge is 2.11. The molecule has 0 aromatic heterocycles. The van der Waals surface area contributed by atoms with Crippen LogP contribution in [0.3, 0.4) is 0 Å². The van der Waals surface area contributed by atoms with Crippen molar-refractivity contribution in [1.29, 1.82) is 5.41 Å². The molecule has 0 aliphatic heterocycles. The first-order valence-electron chi connectivity index (χ1n) is 8.68. The highest BCUT2D eigenvalue weighted by molar-refractivity contribution is 6.30. The van der Waals surface area contributed by atoms with Gasteiger partial charge in [-0.25, -0.2) is 0 Å². The van der Waals surface area contributed by atoms with E-state index in [0.717, 1.165) is 6.92 Å². The van der Waals surface area contributed by atoms with Crippen LogP contribution in [0.15, 0.2) is 42.5 Å². The van der Waals surface area contributed by atoms with E-state index in [0.29, 0.717) is 27.5 Å². The number of nitrogens with two attached hydrogens (primary N) is 1. The number of likely N-dealkylation sites (N-methyl/N-ethyl adjacent to an activating group) is 1. The van der Waals surface area contributed by atoms with Gasteiger partial charge in [-0.1, -0.05) is 29.8 Å². The van der Waals surface area contributed by atoms with Gasteiger partial charge in [-0.3, -0.25) is 19.8 Å². The predicted octanol–water partition coefficient (Wildman–Crippen LogP) is 1.77. The van der Waals surface area contributed by atoms with Crippen molar-refractivity contribution >= 4 is 35.2 Å². The molecule has 0 aliphatic rings. The fraction of sp³-hybridized carbons (Fsp3) is 0.200. The van der Waals surface area contributed by atoms with Crippen molar-refractivity contribution in [2.75, 3.05) is 13.7 Å². The zero-order chi connectivity index (χ0) is 22.7. The van der Waals surface area contributed by atoms with Gasteiger partial charge in [0.25, 0.3) is 17.8 Å². The molecule has 2 aromatic carbocycles. The van der Waals surface area contributed by atoms with Gasteiger partial charge in [-0.05, 0) is 24.3 Å². The van der Waals surface area contributed by atoms with E-state index < -0.39 is 5.97 Å². The molecule has 0 saturated heterocycles. The van der Waals surface area contributed by atoms with Crippen LogP contribution in [0.25, 0.3) is 0 Å². The summed E-state index contributed by atoms with van der Waals surface area (Å²) in [5.74, 6) is -1.18. The van der Waals surface area contributed by atoms with Crippen LogP contribution in [0.1, 0.15) is 28.4 Å². The van der Waals surface area contributed by atoms with Crippen molar-refractivity contribution in [1.82, 2.24) is 10.6 Å². The fourth-order valence-corrected chi connectivity index (χ4v) is 2.32. The first-order chi connectivity index (χ1) is 14.1. The summed E-state index contributed by atoms with van der Waals surface area (Å²) in [7, 11) is 1.50. The number of carbonyl (C=O) groups excluding carboxylic acids is 2. The van der Waals surface area contributed by atoms with Crippen LogP contribution < -0.4 is 21.1 Å². The van der Waals surface area contributed by atoms with Gasteiger partial charge in [-0.2, -0.15) is 0 Å². The lowest BCUT2D eigenvalue weighted by molar-refractivity contribution is -0.134. The SMILES string of the molecule is CC(=O)O.CNC(=O)COc1cc(C(=N)N)ccc1CNC(=O)c1cccc(Cl)c1. The molecular weight excluding hydrogens is 412 g/mol. The quantitative estimate of drug-likeness (QED) is 0.330. The van der Waals surface area contributed by atoms with Crippen molar-refractivity contribution in [2.24, 2.45) is 5.73 Å². The van der Waals surface area contributed by atoms with Crippen molar-refractivity contribution in [3.8, 4) is 5.75 Å². The molecule has 0 spiro atoms. The van der Waals surface area contributed by atoms with E-state index in [4.69, 9.17) is 37.4 Å². The number of hydrogen-bond donors (Lipinski definition) is 5. The lowest BCUT2D eigenvalue weighted by Gasteiger charge is -2.13. The molecule has 0 radical (unpaired) electrons. The minimum Gasteiger partial charge on any atom is -0.483 e. The molecule has 2 rings (SSSR count). The van der Waals surface area contributed by atoms with Gasteiger partial charge in [0.2, 0.25) is 0 Å². The highest BCUT2D eigenvalue weighted by atomic mass is 35.5. The average Bonchev–Trinajstić information content (AvgIpc) is 2.69. The number of hydrogen-bond acceptors (Lipinski definition) is 5. The molecule has 6 N–H and O–H groups in total. The van der Waals surface area contributed by atoms with E-state index in [1.54, 1.807) is 42.5 Å². The van der Waals surface area contributed by atoms with Crippen LogP contribution in [-0.2, 0) is 16.1 Å². The summed E-state index contributed by atoms with van der Waals surface area (Å²) < 4.78 is 5.50. The second kappa shape index (κ2) is 12.1. The molecule has 0 atom stereocenters. The number of carboxylic acids is 1. The predicted molar refractivity (Wildman–Crippen MR) is 113 cm³/mol. The minimum atomic E-state index is -0.833. The Balaban J connectivity index is 0.00000103. The summed E-state index contributed by atoms with van der Waals surface area (Å²) >= 11 is 5.89. The Morgan fingerprint density at radius 3 is 2.40 bits per heavy atom. The van der Waals surface area contributed by atoms with Crippen LogP contribution >= 0.6 is 11.6 Å². The Morgan fingerprint density at radius 1 is 1.17 bits per heavy atom. The third kappa shape index (κ3) is 8.61. The van der Waals surface area contributed by atoms with Gasteiger partial charge in [0, 0.05) is 42.2 Å². The molecule has 0 unspecified atom stereocenters. The highest BCUT2D eigenvalue weighted by Crippen LogP contribution is 2.21. The second-order valence-electron chi connectivity index (χ2n) is 5.91. The molecule has 0 heterocycles. The molecule has 0 bridgehead atoms. The van der Waals surface area contributed by atoms with E-state index in [9.17, 15) is 9.59 Å². The van der Waals surface area contributed by atoms with E-state index in [1.807, 2.05) is 0 Å². The zero-order valence-corrected chi connectivity index (χ0v) is 17.2. The van der Waals surface area contributed by atoms with Crippen molar-refractivity contribution in [3.63, 3.8) is 0 Å². The summed E-state index contributed by atoms with van der Waals surface area (Å²) in [5.41, 5.74) is 7.04. The molecule has 9 nitrogen and oxygen atoms in total. The third-order valence-corrected chi connectivity index (χ3v) is 3.78. The second-order valence-corrected chi connectivity index (χ2v) is 6.35. The Hall–Kier alpha value is -3.59. The Labute approximate surface area is 178 Å². The Morgan fingerprint density at radius 2 is 1.83 bits per heavy atom. The number of rotatable bonds is 7. The van der Waals surface area contributed by atoms with Gasteiger partial charge in [0.05, 0.1) is 0 Å². The van der Waals surface area contributed by atoms with Crippen molar-refractivity contribution < 1.29 is 24.2 Å². The number of aliphatic carboxylic acids is 1. The number of nitrogens with one attached hydrogen (secondary N) is 3. The first kappa shape index (κ1) is 24.4. The lowest BCUT2D eigenvalue weighted by Crippen LogP contribution is -2.26. The van der Waals surface area contributed by atoms with E-state index in [2.05, 4.69) is 10.6 Å². The zero-order valence-electron chi connectivity index (χ0n) is 16.5. The molecular formula is C20H23ClN4O5. The number of nitrogen functional groups attached to an aromatic ring is 1. The summed E-state index contributed by atoms with van der Waals surface area (Å²) in [4.78, 5) is 32.7. The van der Waals surface area contributed by atoms with Crippen LogP contribution in [-0.4, -0.2) is 42.4 Å².